The van der Waals surface area contributed by atoms with Crippen LogP contribution >= 0.6 is 0 Å². The van der Waals surface area contributed by atoms with Crippen LogP contribution in [0, 0.1) is 16.0 Å². The summed E-state index contributed by atoms with van der Waals surface area (Å²) in [5.74, 6) is 0.493. The van der Waals surface area contributed by atoms with E-state index in [1.165, 1.54) is 25.1 Å². The van der Waals surface area contributed by atoms with Crippen molar-refractivity contribution in [3.8, 4) is 5.75 Å². The Morgan fingerprint density at radius 1 is 1.47 bits per heavy atom. The molecule has 0 N–H and O–H groups in total. The molecular weight excluding hydrogens is 222 g/mol. The maximum absolute atomic E-state index is 11.3. The van der Waals surface area contributed by atoms with Gasteiger partial charge in [-0.25, -0.2) is 0 Å². The average molecular weight is 237 g/mol. The largest absolute Gasteiger partial charge is 0.493 e. The van der Waals surface area contributed by atoms with E-state index in [1.54, 1.807) is 0 Å². The van der Waals surface area contributed by atoms with Crippen LogP contribution in [0.25, 0.3) is 0 Å². The van der Waals surface area contributed by atoms with Gasteiger partial charge in [0.15, 0.2) is 5.78 Å². The number of nitro groups is 1. The molecule has 5 nitrogen and oxygen atoms in total. The van der Waals surface area contributed by atoms with Crippen molar-refractivity contribution in [1.29, 1.82) is 0 Å². The molecule has 0 aliphatic heterocycles. The van der Waals surface area contributed by atoms with E-state index in [1.807, 2.05) is 13.8 Å². The van der Waals surface area contributed by atoms with Crippen LogP contribution in [0.2, 0.25) is 0 Å². The monoisotopic (exact) mass is 237 g/mol. The second-order valence-electron chi connectivity index (χ2n) is 4.20. The zero-order chi connectivity index (χ0) is 13.0. The van der Waals surface area contributed by atoms with Crippen LogP contribution < -0.4 is 4.74 Å². The molecule has 0 bridgehead atoms. The highest BCUT2D eigenvalue weighted by Crippen LogP contribution is 2.24. The van der Waals surface area contributed by atoms with Crippen molar-refractivity contribution in [2.75, 3.05) is 6.61 Å². The lowest BCUT2D eigenvalue weighted by atomic mass is 10.1. The van der Waals surface area contributed by atoms with Gasteiger partial charge in [0.25, 0.3) is 5.69 Å². The molecule has 17 heavy (non-hydrogen) atoms. The van der Waals surface area contributed by atoms with E-state index < -0.39 is 4.92 Å². The second kappa shape index (κ2) is 5.43. The van der Waals surface area contributed by atoms with Gasteiger partial charge in [0, 0.05) is 6.07 Å². The number of nitro benzene ring substituents is 1. The van der Waals surface area contributed by atoms with Crippen LogP contribution in [0.15, 0.2) is 18.2 Å². The van der Waals surface area contributed by atoms with E-state index in [2.05, 4.69) is 0 Å². The summed E-state index contributed by atoms with van der Waals surface area (Å²) in [5, 5.41) is 10.7. The number of rotatable bonds is 5. The summed E-state index contributed by atoms with van der Waals surface area (Å²) in [7, 11) is 0. The Balaban J connectivity index is 3.02. The first-order valence-electron chi connectivity index (χ1n) is 5.34. The third kappa shape index (κ3) is 3.55. The van der Waals surface area contributed by atoms with Crippen LogP contribution in [0.5, 0.6) is 5.75 Å². The minimum absolute atomic E-state index is 0.0799. The van der Waals surface area contributed by atoms with Crippen LogP contribution in [-0.4, -0.2) is 17.3 Å². The Bertz CT molecular complexity index is 440. The van der Waals surface area contributed by atoms with E-state index in [0.717, 1.165) is 0 Å². The fraction of sp³-hybridized carbons (Fsp3) is 0.417. The first kappa shape index (κ1) is 13.2. The molecule has 0 radical (unpaired) electrons. The molecule has 0 fully saturated rings. The Kier molecular flexibility index (Phi) is 4.20. The molecule has 0 atom stereocenters. The van der Waals surface area contributed by atoms with Gasteiger partial charge in [-0.3, -0.25) is 14.9 Å². The van der Waals surface area contributed by atoms with E-state index in [4.69, 9.17) is 4.74 Å². The number of ether oxygens (including phenoxy) is 1. The number of nitrogens with zero attached hydrogens (tertiary/aromatic N) is 1. The number of carbonyl (C=O) groups is 1. The Morgan fingerprint density at radius 2 is 2.12 bits per heavy atom. The van der Waals surface area contributed by atoms with Crippen molar-refractivity contribution >= 4 is 11.5 Å². The summed E-state index contributed by atoms with van der Waals surface area (Å²) in [5.41, 5.74) is -0.106. The number of ketones is 1. The quantitative estimate of drug-likeness (QED) is 0.448. The van der Waals surface area contributed by atoms with Crippen molar-refractivity contribution in [3.05, 3.63) is 33.9 Å². The molecule has 0 aromatic heterocycles. The fourth-order valence-electron chi connectivity index (χ4n) is 1.31. The number of Topliss-reactive ketones (excluding diaryl/α,β-unsaturated/α-hetero) is 1. The highest BCUT2D eigenvalue weighted by molar-refractivity contribution is 5.98. The third-order valence-corrected chi connectivity index (χ3v) is 2.13. The lowest BCUT2D eigenvalue weighted by Crippen LogP contribution is -2.06. The van der Waals surface area contributed by atoms with Gasteiger partial charge < -0.3 is 4.74 Å². The van der Waals surface area contributed by atoms with E-state index in [9.17, 15) is 14.9 Å². The number of carbonyl (C=O) groups excluding carboxylic acids is 1. The van der Waals surface area contributed by atoms with E-state index in [0.29, 0.717) is 18.3 Å². The van der Waals surface area contributed by atoms with Crippen molar-refractivity contribution in [1.82, 2.24) is 0 Å². The lowest BCUT2D eigenvalue weighted by molar-refractivity contribution is -0.385. The van der Waals surface area contributed by atoms with E-state index in [-0.39, 0.29) is 17.0 Å². The normalized spacial score (nSPS) is 10.4. The maximum atomic E-state index is 11.3. The molecule has 0 aliphatic rings. The van der Waals surface area contributed by atoms with Gasteiger partial charge in [0.05, 0.1) is 17.1 Å². The summed E-state index contributed by atoms with van der Waals surface area (Å²) in [6.07, 6.45) is 0. The van der Waals surface area contributed by atoms with Gasteiger partial charge in [-0.15, -0.1) is 0 Å². The molecule has 5 heteroatoms. The third-order valence-electron chi connectivity index (χ3n) is 2.13. The molecule has 0 aliphatic carbocycles. The standard InChI is InChI=1S/C12H15NO4/c1-8(2)7-17-10-4-5-12(13(15)16)11(6-10)9(3)14/h4-6,8H,7H2,1-3H3. The number of hydrogen-bond acceptors (Lipinski definition) is 4. The van der Waals surface area contributed by atoms with Gasteiger partial charge in [-0.1, -0.05) is 13.8 Å². The minimum atomic E-state index is -0.567. The van der Waals surface area contributed by atoms with Crippen LogP contribution in [0.3, 0.4) is 0 Å². The highest BCUT2D eigenvalue weighted by atomic mass is 16.6. The molecular formula is C12H15NO4. The Morgan fingerprint density at radius 3 is 2.59 bits per heavy atom. The molecule has 92 valence electrons. The fourth-order valence-corrected chi connectivity index (χ4v) is 1.31. The predicted molar refractivity (Wildman–Crippen MR) is 63.4 cm³/mol. The molecule has 0 saturated carbocycles. The summed E-state index contributed by atoms with van der Waals surface area (Å²) in [6, 6.07) is 4.22. The molecule has 0 spiro atoms. The van der Waals surface area contributed by atoms with Gasteiger partial charge in [0.1, 0.15) is 5.75 Å². The first-order chi connectivity index (χ1) is 7.91. The molecule has 0 amide bonds. The number of benzene rings is 1. The van der Waals surface area contributed by atoms with Gasteiger partial charge in [-0.05, 0) is 25.0 Å². The number of hydrogen-bond donors (Lipinski definition) is 0. The van der Waals surface area contributed by atoms with Crippen molar-refractivity contribution in [2.24, 2.45) is 5.92 Å². The van der Waals surface area contributed by atoms with Gasteiger partial charge in [0.2, 0.25) is 0 Å². The molecule has 1 rings (SSSR count). The summed E-state index contributed by atoms with van der Waals surface area (Å²) < 4.78 is 5.42. The zero-order valence-corrected chi connectivity index (χ0v) is 10.1. The average Bonchev–Trinajstić information content (AvgIpc) is 2.25. The molecule has 1 aromatic carbocycles. The summed E-state index contributed by atoms with van der Waals surface area (Å²) >= 11 is 0. The molecule has 0 heterocycles. The van der Waals surface area contributed by atoms with Crippen molar-refractivity contribution in [3.63, 3.8) is 0 Å². The van der Waals surface area contributed by atoms with Crippen LogP contribution in [0.4, 0.5) is 5.69 Å². The Labute approximate surface area is 99.5 Å². The van der Waals surface area contributed by atoms with Crippen molar-refractivity contribution < 1.29 is 14.5 Å². The van der Waals surface area contributed by atoms with Crippen molar-refractivity contribution in [2.45, 2.75) is 20.8 Å². The topological polar surface area (TPSA) is 69.4 Å². The van der Waals surface area contributed by atoms with E-state index >= 15 is 0 Å². The molecule has 1 aromatic rings. The van der Waals surface area contributed by atoms with Crippen LogP contribution in [0.1, 0.15) is 31.1 Å². The first-order valence-corrected chi connectivity index (χ1v) is 5.34. The summed E-state index contributed by atoms with van der Waals surface area (Å²) in [4.78, 5) is 21.5. The zero-order valence-electron chi connectivity index (χ0n) is 10.1. The Hall–Kier alpha value is -1.91. The van der Waals surface area contributed by atoms with Crippen LogP contribution in [-0.2, 0) is 0 Å². The molecule has 0 saturated heterocycles. The van der Waals surface area contributed by atoms with Gasteiger partial charge >= 0.3 is 0 Å². The summed E-state index contributed by atoms with van der Waals surface area (Å²) in [6.45, 7) is 5.80. The smallest absolute Gasteiger partial charge is 0.280 e. The second-order valence-corrected chi connectivity index (χ2v) is 4.20. The highest BCUT2D eigenvalue weighted by Gasteiger charge is 2.18. The van der Waals surface area contributed by atoms with Gasteiger partial charge in [-0.2, -0.15) is 0 Å². The lowest BCUT2D eigenvalue weighted by Gasteiger charge is -2.09. The predicted octanol–water partition coefficient (Wildman–Crippen LogP) is 2.83. The SMILES string of the molecule is CC(=O)c1cc(OCC(C)C)ccc1[N+](=O)[O-]. The minimum Gasteiger partial charge on any atom is -0.493 e. The maximum Gasteiger partial charge on any atom is 0.280 e. The molecule has 0 unspecified atom stereocenters.